The van der Waals surface area contributed by atoms with Gasteiger partial charge in [-0.3, -0.25) is 4.79 Å². The minimum absolute atomic E-state index is 0.0902. The zero-order valence-corrected chi connectivity index (χ0v) is 11.8. The Labute approximate surface area is 119 Å². The number of benzene rings is 1. The number of carbonyl (C=O) groups is 1. The molecule has 1 N–H and O–H groups in total. The molecule has 0 aliphatic carbocycles. The molecule has 1 heterocycles. The lowest BCUT2D eigenvalue weighted by atomic mass is 9.96. The van der Waals surface area contributed by atoms with Crippen LogP contribution in [0.15, 0.2) is 24.3 Å². The smallest absolute Gasteiger partial charge is 0.221 e. The van der Waals surface area contributed by atoms with Crippen LogP contribution in [0.5, 0.6) is 0 Å². The fraction of sp³-hybridized carbons (Fsp3) is 0.500. The molecular weight excluding hydrogens is 252 g/mol. The fourth-order valence-electron chi connectivity index (χ4n) is 2.33. The normalized spacial score (nSPS) is 19.3. The molecule has 0 spiro atoms. The Kier molecular flexibility index (Phi) is 5.14. The summed E-state index contributed by atoms with van der Waals surface area (Å²) in [5, 5.41) is 12.1. The first kappa shape index (κ1) is 14.5. The Hall–Kier alpha value is -1.86. The molecule has 0 radical (unpaired) electrons. The van der Waals surface area contributed by atoms with Gasteiger partial charge in [0.1, 0.15) is 0 Å². The van der Waals surface area contributed by atoms with Crippen LogP contribution in [0.1, 0.15) is 36.3 Å². The number of rotatable bonds is 5. The lowest BCUT2D eigenvalue weighted by Gasteiger charge is -2.13. The molecule has 4 nitrogen and oxygen atoms in total. The summed E-state index contributed by atoms with van der Waals surface area (Å²) in [7, 11) is 0. The summed E-state index contributed by atoms with van der Waals surface area (Å²) < 4.78 is 5.45. The molecule has 2 rings (SSSR count). The number of hydrogen-bond acceptors (Lipinski definition) is 3. The Morgan fingerprint density at radius 1 is 1.50 bits per heavy atom. The van der Waals surface area contributed by atoms with E-state index in [1.165, 1.54) is 0 Å². The Bertz CT molecular complexity index is 484. The lowest BCUT2D eigenvalue weighted by molar-refractivity contribution is -0.121. The van der Waals surface area contributed by atoms with Crippen molar-refractivity contribution in [3.8, 4) is 6.07 Å². The van der Waals surface area contributed by atoms with Gasteiger partial charge in [-0.2, -0.15) is 5.26 Å². The van der Waals surface area contributed by atoms with Gasteiger partial charge in [-0.1, -0.05) is 29.8 Å². The average molecular weight is 272 g/mol. The van der Waals surface area contributed by atoms with Crippen molar-refractivity contribution in [3.63, 3.8) is 0 Å². The molecule has 1 aliphatic heterocycles. The van der Waals surface area contributed by atoms with Gasteiger partial charge >= 0.3 is 0 Å². The molecular formula is C16H20N2O2. The van der Waals surface area contributed by atoms with Crippen LogP contribution in [0.3, 0.4) is 0 Å². The number of aryl methyl sites for hydroxylation is 1. The monoisotopic (exact) mass is 272 g/mol. The maximum Gasteiger partial charge on any atom is 0.221 e. The number of nitrogens with one attached hydrogen (secondary N) is 1. The summed E-state index contributed by atoms with van der Waals surface area (Å²) in [4.78, 5) is 11.9. The van der Waals surface area contributed by atoms with E-state index in [1.54, 1.807) is 0 Å². The molecule has 4 heteroatoms. The van der Waals surface area contributed by atoms with Crippen LogP contribution in [0.2, 0.25) is 0 Å². The number of nitrogens with zero attached hydrogens (tertiary/aromatic N) is 1. The minimum Gasteiger partial charge on any atom is -0.376 e. The van der Waals surface area contributed by atoms with Crippen molar-refractivity contribution >= 4 is 5.91 Å². The first-order valence-electron chi connectivity index (χ1n) is 7.03. The van der Waals surface area contributed by atoms with E-state index in [4.69, 9.17) is 4.74 Å². The van der Waals surface area contributed by atoms with E-state index in [-0.39, 0.29) is 24.3 Å². The SMILES string of the molecule is Cc1ccc(C(C#N)CC(=O)NCC2CCCO2)cc1. The Morgan fingerprint density at radius 3 is 2.85 bits per heavy atom. The van der Waals surface area contributed by atoms with Gasteiger partial charge in [-0.25, -0.2) is 0 Å². The third kappa shape index (κ3) is 4.07. The minimum atomic E-state index is -0.389. The Morgan fingerprint density at radius 2 is 2.25 bits per heavy atom. The molecule has 1 aliphatic rings. The molecule has 1 aromatic carbocycles. The second-order valence-corrected chi connectivity index (χ2v) is 5.24. The van der Waals surface area contributed by atoms with Crippen LogP contribution in [0.25, 0.3) is 0 Å². The van der Waals surface area contributed by atoms with Gasteiger partial charge in [-0.15, -0.1) is 0 Å². The molecule has 106 valence electrons. The third-order valence-corrected chi connectivity index (χ3v) is 3.58. The second kappa shape index (κ2) is 7.06. The number of carbonyl (C=O) groups excluding carboxylic acids is 1. The average Bonchev–Trinajstić information content (AvgIpc) is 2.97. The Balaban J connectivity index is 1.84. The van der Waals surface area contributed by atoms with Gasteiger partial charge in [0.2, 0.25) is 5.91 Å². The largest absolute Gasteiger partial charge is 0.376 e. The molecule has 0 saturated carbocycles. The van der Waals surface area contributed by atoms with Gasteiger partial charge < -0.3 is 10.1 Å². The molecule has 2 atom stereocenters. The topological polar surface area (TPSA) is 62.1 Å². The zero-order valence-electron chi connectivity index (χ0n) is 11.8. The van der Waals surface area contributed by atoms with E-state index in [9.17, 15) is 10.1 Å². The van der Waals surface area contributed by atoms with Crippen molar-refractivity contribution in [2.24, 2.45) is 0 Å². The second-order valence-electron chi connectivity index (χ2n) is 5.24. The summed E-state index contributed by atoms with van der Waals surface area (Å²) >= 11 is 0. The molecule has 1 saturated heterocycles. The van der Waals surface area contributed by atoms with Gasteiger partial charge in [0.05, 0.1) is 18.1 Å². The number of ether oxygens (including phenoxy) is 1. The molecule has 0 bridgehead atoms. The van der Waals surface area contributed by atoms with Crippen molar-refractivity contribution in [1.82, 2.24) is 5.32 Å². The van der Waals surface area contributed by atoms with Crippen LogP contribution in [-0.2, 0) is 9.53 Å². The molecule has 2 unspecified atom stereocenters. The van der Waals surface area contributed by atoms with Gasteiger partial charge in [-0.05, 0) is 25.3 Å². The number of amides is 1. The number of nitriles is 1. The lowest BCUT2D eigenvalue weighted by Crippen LogP contribution is -2.32. The van der Waals surface area contributed by atoms with Crippen LogP contribution >= 0.6 is 0 Å². The molecule has 0 aromatic heterocycles. The first-order chi connectivity index (χ1) is 9.69. The van der Waals surface area contributed by atoms with Gasteiger partial charge in [0.15, 0.2) is 0 Å². The van der Waals surface area contributed by atoms with Crippen molar-refractivity contribution < 1.29 is 9.53 Å². The first-order valence-corrected chi connectivity index (χ1v) is 7.03. The van der Waals surface area contributed by atoms with E-state index in [2.05, 4.69) is 11.4 Å². The van der Waals surface area contributed by atoms with Gasteiger partial charge in [0, 0.05) is 19.6 Å². The molecule has 1 fully saturated rings. The summed E-state index contributed by atoms with van der Waals surface area (Å²) in [6.45, 7) is 3.33. The highest BCUT2D eigenvalue weighted by Crippen LogP contribution is 2.19. The van der Waals surface area contributed by atoms with E-state index in [1.807, 2.05) is 31.2 Å². The van der Waals surface area contributed by atoms with E-state index in [0.717, 1.165) is 30.6 Å². The highest BCUT2D eigenvalue weighted by atomic mass is 16.5. The van der Waals surface area contributed by atoms with Crippen LogP contribution in [-0.4, -0.2) is 25.2 Å². The quantitative estimate of drug-likeness (QED) is 0.894. The maximum absolute atomic E-state index is 11.9. The van der Waals surface area contributed by atoms with E-state index in [0.29, 0.717) is 6.54 Å². The highest BCUT2D eigenvalue weighted by Gasteiger charge is 2.19. The predicted molar refractivity (Wildman–Crippen MR) is 76.1 cm³/mol. The summed E-state index contributed by atoms with van der Waals surface area (Å²) in [6, 6.07) is 9.96. The summed E-state index contributed by atoms with van der Waals surface area (Å²) in [5.41, 5.74) is 2.04. The fourth-order valence-corrected chi connectivity index (χ4v) is 2.33. The highest BCUT2D eigenvalue weighted by molar-refractivity contribution is 5.77. The zero-order chi connectivity index (χ0) is 14.4. The van der Waals surface area contributed by atoms with Crippen LogP contribution in [0.4, 0.5) is 0 Å². The van der Waals surface area contributed by atoms with Crippen molar-refractivity contribution in [2.75, 3.05) is 13.2 Å². The van der Waals surface area contributed by atoms with E-state index >= 15 is 0 Å². The molecule has 20 heavy (non-hydrogen) atoms. The van der Waals surface area contributed by atoms with E-state index < -0.39 is 0 Å². The van der Waals surface area contributed by atoms with Crippen molar-refractivity contribution in [1.29, 1.82) is 5.26 Å². The van der Waals surface area contributed by atoms with Gasteiger partial charge in [0.25, 0.3) is 0 Å². The van der Waals surface area contributed by atoms with Crippen molar-refractivity contribution in [3.05, 3.63) is 35.4 Å². The summed E-state index contributed by atoms with van der Waals surface area (Å²) in [6.07, 6.45) is 2.40. The molecule has 1 aromatic rings. The number of hydrogen-bond donors (Lipinski definition) is 1. The third-order valence-electron chi connectivity index (χ3n) is 3.58. The predicted octanol–water partition coefficient (Wildman–Crippen LogP) is 2.29. The maximum atomic E-state index is 11.9. The van der Waals surface area contributed by atoms with Crippen molar-refractivity contribution in [2.45, 2.75) is 38.2 Å². The summed E-state index contributed by atoms with van der Waals surface area (Å²) in [5.74, 6) is -0.479. The standard InChI is InChI=1S/C16H20N2O2/c1-12-4-6-13(7-5-12)14(10-17)9-16(19)18-11-15-3-2-8-20-15/h4-7,14-15H,2-3,8-9,11H2,1H3,(H,18,19). The molecule has 1 amide bonds. The van der Waals surface area contributed by atoms with Crippen LogP contribution in [0, 0.1) is 18.3 Å². The van der Waals surface area contributed by atoms with Crippen LogP contribution < -0.4 is 5.32 Å².